The number of aromatic nitrogens is 3. The SMILES string of the molecule is NCc1cn(CC(=O)OCCc2cccs2)nn1. The maximum absolute atomic E-state index is 11.5. The van der Waals surface area contributed by atoms with Gasteiger partial charge in [-0.05, 0) is 11.4 Å². The van der Waals surface area contributed by atoms with Crippen LogP contribution in [0.1, 0.15) is 10.6 Å². The Morgan fingerprint density at radius 2 is 2.44 bits per heavy atom. The lowest BCUT2D eigenvalue weighted by Crippen LogP contribution is -2.15. The number of carbonyl (C=O) groups is 1. The van der Waals surface area contributed by atoms with Crippen LogP contribution in [0.5, 0.6) is 0 Å². The number of nitrogens with zero attached hydrogens (tertiary/aromatic N) is 3. The van der Waals surface area contributed by atoms with Gasteiger partial charge in [-0.25, -0.2) is 4.68 Å². The first kappa shape index (κ1) is 12.7. The van der Waals surface area contributed by atoms with E-state index in [1.54, 1.807) is 17.5 Å². The van der Waals surface area contributed by atoms with Crippen molar-refractivity contribution in [3.8, 4) is 0 Å². The van der Waals surface area contributed by atoms with Crippen molar-refractivity contribution in [2.45, 2.75) is 19.5 Å². The molecule has 2 N–H and O–H groups in total. The number of hydrogen-bond donors (Lipinski definition) is 1. The summed E-state index contributed by atoms with van der Waals surface area (Å²) in [5, 5.41) is 9.56. The zero-order valence-electron chi connectivity index (χ0n) is 9.78. The molecule has 0 aromatic carbocycles. The predicted octanol–water partition coefficient (Wildman–Crippen LogP) is 0.584. The third kappa shape index (κ3) is 3.64. The molecule has 6 nitrogen and oxygen atoms in total. The van der Waals surface area contributed by atoms with Crippen molar-refractivity contribution in [2.75, 3.05) is 6.61 Å². The lowest BCUT2D eigenvalue weighted by Gasteiger charge is -2.03. The van der Waals surface area contributed by atoms with Gasteiger partial charge in [0.1, 0.15) is 6.54 Å². The molecular weight excluding hydrogens is 252 g/mol. The van der Waals surface area contributed by atoms with E-state index in [0.717, 1.165) is 6.42 Å². The van der Waals surface area contributed by atoms with Crippen LogP contribution in [0.3, 0.4) is 0 Å². The number of hydrogen-bond acceptors (Lipinski definition) is 6. The van der Waals surface area contributed by atoms with Crippen LogP contribution in [-0.2, 0) is 29.0 Å². The highest BCUT2D eigenvalue weighted by molar-refractivity contribution is 7.09. The topological polar surface area (TPSA) is 83.0 Å². The van der Waals surface area contributed by atoms with Crippen LogP contribution < -0.4 is 5.73 Å². The number of rotatable bonds is 6. The minimum Gasteiger partial charge on any atom is -0.464 e. The average Bonchev–Trinajstić information content (AvgIpc) is 3.00. The summed E-state index contributed by atoms with van der Waals surface area (Å²) in [6.45, 7) is 0.767. The zero-order chi connectivity index (χ0) is 12.8. The summed E-state index contributed by atoms with van der Waals surface area (Å²) >= 11 is 1.65. The number of carbonyl (C=O) groups excluding carboxylic acids is 1. The predicted molar refractivity (Wildman–Crippen MR) is 66.9 cm³/mol. The van der Waals surface area contributed by atoms with Gasteiger partial charge in [0.2, 0.25) is 0 Å². The van der Waals surface area contributed by atoms with Gasteiger partial charge in [0.25, 0.3) is 0 Å². The standard InChI is InChI=1S/C11H14N4O2S/c12-6-9-7-15(14-13-9)8-11(16)17-4-3-10-2-1-5-18-10/h1-2,5,7H,3-4,6,8,12H2. The van der Waals surface area contributed by atoms with E-state index in [1.165, 1.54) is 9.56 Å². The van der Waals surface area contributed by atoms with E-state index in [1.807, 2.05) is 17.5 Å². The van der Waals surface area contributed by atoms with E-state index >= 15 is 0 Å². The number of thiophene rings is 1. The van der Waals surface area contributed by atoms with Crippen LogP contribution in [0.15, 0.2) is 23.7 Å². The monoisotopic (exact) mass is 266 g/mol. The van der Waals surface area contributed by atoms with Crippen LogP contribution in [0.2, 0.25) is 0 Å². The number of esters is 1. The Morgan fingerprint density at radius 3 is 3.11 bits per heavy atom. The van der Waals surface area contributed by atoms with Crippen molar-refractivity contribution in [3.05, 3.63) is 34.3 Å². The maximum Gasteiger partial charge on any atom is 0.327 e. The highest BCUT2D eigenvalue weighted by atomic mass is 32.1. The lowest BCUT2D eigenvalue weighted by atomic mass is 10.4. The Kier molecular flexibility index (Phi) is 4.43. The Balaban J connectivity index is 1.71. The van der Waals surface area contributed by atoms with Gasteiger partial charge >= 0.3 is 5.97 Å². The van der Waals surface area contributed by atoms with Crippen molar-refractivity contribution in [2.24, 2.45) is 5.73 Å². The van der Waals surface area contributed by atoms with Gasteiger partial charge in [-0.2, -0.15) is 0 Å². The molecule has 0 radical (unpaired) electrons. The zero-order valence-corrected chi connectivity index (χ0v) is 10.6. The molecule has 0 unspecified atom stereocenters. The van der Waals surface area contributed by atoms with E-state index in [0.29, 0.717) is 18.8 Å². The van der Waals surface area contributed by atoms with Crippen molar-refractivity contribution in [1.29, 1.82) is 0 Å². The Bertz CT molecular complexity index is 495. The molecule has 96 valence electrons. The van der Waals surface area contributed by atoms with Gasteiger partial charge in [0, 0.05) is 17.8 Å². The molecule has 0 saturated carbocycles. The molecule has 0 aliphatic rings. The quantitative estimate of drug-likeness (QED) is 0.773. The molecule has 2 heterocycles. The summed E-state index contributed by atoms with van der Waals surface area (Å²) in [5.74, 6) is -0.319. The van der Waals surface area contributed by atoms with Gasteiger partial charge < -0.3 is 10.5 Å². The third-order valence-electron chi connectivity index (χ3n) is 2.28. The first-order chi connectivity index (χ1) is 8.78. The summed E-state index contributed by atoms with van der Waals surface area (Å²) in [6.07, 6.45) is 2.38. The summed E-state index contributed by atoms with van der Waals surface area (Å²) in [4.78, 5) is 12.7. The van der Waals surface area contributed by atoms with Gasteiger partial charge in [0.05, 0.1) is 18.5 Å². The summed E-state index contributed by atoms with van der Waals surface area (Å²) in [6, 6.07) is 4.00. The fourth-order valence-corrected chi connectivity index (χ4v) is 2.10. The fourth-order valence-electron chi connectivity index (χ4n) is 1.41. The Morgan fingerprint density at radius 1 is 1.56 bits per heavy atom. The molecule has 0 spiro atoms. The molecule has 18 heavy (non-hydrogen) atoms. The normalized spacial score (nSPS) is 10.5. The van der Waals surface area contributed by atoms with E-state index in [9.17, 15) is 4.79 Å². The Hall–Kier alpha value is -1.73. The van der Waals surface area contributed by atoms with Crippen LogP contribution in [-0.4, -0.2) is 27.6 Å². The van der Waals surface area contributed by atoms with Crippen molar-refractivity contribution >= 4 is 17.3 Å². The molecule has 2 aromatic heterocycles. The van der Waals surface area contributed by atoms with Crippen molar-refractivity contribution in [3.63, 3.8) is 0 Å². The van der Waals surface area contributed by atoms with Gasteiger partial charge in [-0.1, -0.05) is 11.3 Å². The lowest BCUT2D eigenvalue weighted by molar-refractivity contribution is -0.144. The molecule has 2 aromatic rings. The van der Waals surface area contributed by atoms with Gasteiger partial charge in [-0.3, -0.25) is 4.79 Å². The summed E-state index contributed by atoms with van der Waals surface area (Å²) in [5.41, 5.74) is 6.05. The molecule has 0 atom stereocenters. The molecule has 0 fully saturated rings. The molecule has 0 bridgehead atoms. The molecule has 0 aliphatic carbocycles. The van der Waals surface area contributed by atoms with Crippen molar-refractivity contribution < 1.29 is 9.53 Å². The number of ether oxygens (including phenoxy) is 1. The minimum atomic E-state index is -0.319. The first-order valence-corrected chi connectivity index (χ1v) is 6.43. The number of nitrogens with two attached hydrogens (primary N) is 1. The fraction of sp³-hybridized carbons (Fsp3) is 0.364. The molecule has 0 aliphatic heterocycles. The summed E-state index contributed by atoms with van der Waals surface area (Å²) < 4.78 is 6.54. The van der Waals surface area contributed by atoms with Gasteiger partial charge in [-0.15, -0.1) is 16.4 Å². The summed E-state index contributed by atoms with van der Waals surface area (Å²) in [7, 11) is 0. The van der Waals surface area contributed by atoms with Crippen molar-refractivity contribution in [1.82, 2.24) is 15.0 Å². The van der Waals surface area contributed by atoms with E-state index < -0.39 is 0 Å². The van der Waals surface area contributed by atoms with E-state index in [4.69, 9.17) is 10.5 Å². The van der Waals surface area contributed by atoms with Crippen LogP contribution in [0.25, 0.3) is 0 Å². The minimum absolute atomic E-state index is 0.0669. The first-order valence-electron chi connectivity index (χ1n) is 5.55. The average molecular weight is 266 g/mol. The van der Waals surface area contributed by atoms with Crippen LogP contribution in [0.4, 0.5) is 0 Å². The second-order valence-electron chi connectivity index (χ2n) is 3.66. The van der Waals surface area contributed by atoms with E-state index in [-0.39, 0.29) is 12.5 Å². The molecular formula is C11H14N4O2S. The molecule has 2 rings (SSSR count). The smallest absolute Gasteiger partial charge is 0.327 e. The molecule has 0 amide bonds. The molecule has 7 heteroatoms. The molecule has 0 saturated heterocycles. The van der Waals surface area contributed by atoms with E-state index in [2.05, 4.69) is 10.3 Å². The van der Waals surface area contributed by atoms with Gasteiger partial charge in [0.15, 0.2) is 0 Å². The largest absolute Gasteiger partial charge is 0.464 e. The second-order valence-corrected chi connectivity index (χ2v) is 4.69. The highest BCUT2D eigenvalue weighted by Crippen LogP contribution is 2.08. The third-order valence-corrected chi connectivity index (χ3v) is 3.21. The maximum atomic E-state index is 11.5. The highest BCUT2D eigenvalue weighted by Gasteiger charge is 2.06. The van der Waals surface area contributed by atoms with Crippen LogP contribution >= 0.6 is 11.3 Å². The Labute approximate surface area is 108 Å². The second kappa shape index (κ2) is 6.27. The van der Waals surface area contributed by atoms with Crippen LogP contribution in [0, 0.1) is 0 Å².